The van der Waals surface area contributed by atoms with Crippen molar-refractivity contribution in [3.63, 3.8) is 0 Å². The van der Waals surface area contributed by atoms with Gasteiger partial charge in [0.2, 0.25) is 0 Å². The summed E-state index contributed by atoms with van der Waals surface area (Å²) in [4.78, 5) is 0. The quantitative estimate of drug-likeness (QED) is 0.565. The number of hydrogen-bond donors (Lipinski definition) is 0. The van der Waals surface area contributed by atoms with Gasteiger partial charge in [-0.2, -0.15) is 5.26 Å². The van der Waals surface area contributed by atoms with Crippen LogP contribution in [0.4, 0.5) is 0 Å². The van der Waals surface area contributed by atoms with Gasteiger partial charge in [-0.05, 0) is 0 Å². The van der Waals surface area contributed by atoms with Crippen molar-refractivity contribution in [2.45, 2.75) is 20.3 Å². The summed E-state index contributed by atoms with van der Waals surface area (Å²) in [5.74, 6) is 0. The Morgan fingerprint density at radius 2 is 1.91 bits per heavy atom. The molecule has 1 heteroatoms. The summed E-state index contributed by atoms with van der Waals surface area (Å²) in [6.07, 6.45) is 9.43. The first-order valence-electron chi connectivity index (χ1n) is 3.73. The topological polar surface area (TPSA) is 23.8 Å². The van der Waals surface area contributed by atoms with Gasteiger partial charge in [-0.3, -0.25) is 0 Å². The van der Waals surface area contributed by atoms with Crippen molar-refractivity contribution in [1.82, 2.24) is 0 Å². The van der Waals surface area contributed by atoms with Crippen LogP contribution in [0.15, 0.2) is 37.0 Å². The zero-order chi connectivity index (χ0) is 8.95. The second-order valence-electron chi connectivity index (χ2n) is 1.41. The van der Waals surface area contributed by atoms with Crippen molar-refractivity contribution in [1.29, 1.82) is 5.26 Å². The normalized spacial score (nSPS) is 8.82. The molecule has 0 N–H and O–H groups in total. The van der Waals surface area contributed by atoms with Crippen LogP contribution in [0, 0.1) is 11.3 Å². The third-order valence-electron chi connectivity index (χ3n) is 0.704. The summed E-state index contributed by atoms with van der Waals surface area (Å²) in [6.45, 7) is 7.49. The van der Waals surface area contributed by atoms with E-state index in [1.165, 1.54) is 0 Å². The minimum Gasteiger partial charge on any atom is -0.198 e. The molecule has 0 bridgehead atoms. The minimum absolute atomic E-state index is 0.474. The molecule has 0 fully saturated rings. The molecule has 0 aromatic carbocycles. The summed E-state index contributed by atoms with van der Waals surface area (Å²) in [5, 5.41) is 8.08. The first-order chi connectivity index (χ1) is 5.41. The largest absolute Gasteiger partial charge is 0.198 e. The average Bonchev–Trinajstić information content (AvgIpc) is 2.08. The molecular formula is C10H15N. The summed E-state index contributed by atoms with van der Waals surface area (Å²) >= 11 is 0. The molecule has 0 aliphatic heterocycles. The molecule has 0 saturated heterocycles. The Bertz CT molecular complexity index is 158. The molecule has 0 unspecified atom stereocenters. The number of allylic oxidation sites excluding steroid dienone is 5. The minimum atomic E-state index is 0.474. The van der Waals surface area contributed by atoms with Crippen LogP contribution in [0.3, 0.4) is 0 Å². The summed E-state index contributed by atoms with van der Waals surface area (Å²) in [7, 11) is 0. The Labute approximate surface area is 69.4 Å². The molecule has 1 nitrogen and oxygen atoms in total. The van der Waals surface area contributed by atoms with Crippen LogP contribution in [-0.2, 0) is 0 Å². The highest BCUT2D eigenvalue weighted by molar-refractivity contribution is 5.09. The van der Waals surface area contributed by atoms with Crippen LogP contribution in [0.25, 0.3) is 0 Å². The van der Waals surface area contributed by atoms with E-state index in [1.807, 2.05) is 38.1 Å². The lowest BCUT2D eigenvalue weighted by molar-refractivity contribution is 1.35. The summed E-state index contributed by atoms with van der Waals surface area (Å²) < 4.78 is 0. The van der Waals surface area contributed by atoms with E-state index in [-0.39, 0.29) is 0 Å². The van der Waals surface area contributed by atoms with Crippen molar-refractivity contribution < 1.29 is 0 Å². The lowest BCUT2D eigenvalue weighted by Gasteiger charge is -1.70. The molecule has 0 rings (SSSR count). The number of hydrogen-bond acceptors (Lipinski definition) is 1. The highest BCUT2D eigenvalue weighted by atomic mass is 14.2. The van der Waals surface area contributed by atoms with E-state index in [4.69, 9.17) is 5.26 Å². The Morgan fingerprint density at radius 3 is 2.36 bits per heavy atom. The Hall–Kier alpha value is -1.29. The summed E-state index contributed by atoms with van der Waals surface area (Å²) in [5.41, 5.74) is 0. The van der Waals surface area contributed by atoms with E-state index in [2.05, 4.69) is 6.58 Å². The zero-order valence-corrected chi connectivity index (χ0v) is 7.25. The second-order valence-corrected chi connectivity index (χ2v) is 1.41. The van der Waals surface area contributed by atoms with Gasteiger partial charge in [-0.15, -0.1) is 0 Å². The second kappa shape index (κ2) is 15.9. The first-order valence-corrected chi connectivity index (χ1v) is 3.73. The molecule has 0 amide bonds. The van der Waals surface area contributed by atoms with Gasteiger partial charge in [0.05, 0.1) is 12.5 Å². The fourth-order valence-electron chi connectivity index (χ4n) is 0.342. The van der Waals surface area contributed by atoms with Gasteiger partial charge in [0.25, 0.3) is 0 Å². The number of nitriles is 1. The van der Waals surface area contributed by atoms with Crippen molar-refractivity contribution in [3.05, 3.63) is 37.0 Å². The summed E-state index contributed by atoms with van der Waals surface area (Å²) in [6, 6.07) is 2.00. The SMILES string of the molecule is C=C/C=C\C=C\CC#N.CC. The van der Waals surface area contributed by atoms with Crippen LogP contribution in [0.1, 0.15) is 20.3 Å². The maximum absolute atomic E-state index is 8.08. The van der Waals surface area contributed by atoms with Crippen LogP contribution in [-0.4, -0.2) is 0 Å². The van der Waals surface area contributed by atoms with Gasteiger partial charge in [0.15, 0.2) is 0 Å². The maximum Gasteiger partial charge on any atom is 0.0663 e. The molecule has 0 spiro atoms. The van der Waals surface area contributed by atoms with Crippen molar-refractivity contribution >= 4 is 0 Å². The molecule has 0 aliphatic carbocycles. The lowest BCUT2D eigenvalue weighted by atomic mass is 10.4. The van der Waals surface area contributed by atoms with E-state index in [9.17, 15) is 0 Å². The molecule has 0 heterocycles. The molecular weight excluding hydrogens is 134 g/mol. The monoisotopic (exact) mass is 149 g/mol. The Morgan fingerprint density at radius 1 is 1.27 bits per heavy atom. The first kappa shape index (κ1) is 12.4. The fraction of sp³-hybridized carbons (Fsp3) is 0.300. The standard InChI is InChI=1S/C8H9N.C2H6/c1-2-3-4-5-6-7-8-9;1-2/h2-6H,1,7H2;1-2H3/b4-3-,6-5+;. The van der Waals surface area contributed by atoms with E-state index in [1.54, 1.807) is 12.2 Å². The van der Waals surface area contributed by atoms with Gasteiger partial charge >= 0.3 is 0 Å². The molecule has 0 radical (unpaired) electrons. The molecule has 0 saturated carbocycles. The molecule has 60 valence electrons. The smallest absolute Gasteiger partial charge is 0.0663 e. The van der Waals surface area contributed by atoms with Crippen molar-refractivity contribution in [3.8, 4) is 6.07 Å². The van der Waals surface area contributed by atoms with Crippen molar-refractivity contribution in [2.24, 2.45) is 0 Å². The maximum atomic E-state index is 8.08. The molecule has 0 aromatic heterocycles. The average molecular weight is 149 g/mol. The van der Waals surface area contributed by atoms with Crippen LogP contribution < -0.4 is 0 Å². The zero-order valence-electron chi connectivity index (χ0n) is 7.25. The third-order valence-corrected chi connectivity index (χ3v) is 0.704. The van der Waals surface area contributed by atoms with E-state index in [0.717, 1.165) is 0 Å². The van der Waals surface area contributed by atoms with E-state index in [0.29, 0.717) is 6.42 Å². The van der Waals surface area contributed by atoms with Crippen LogP contribution in [0.2, 0.25) is 0 Å². The highest BCUT2D eigenvalue weighted by Crippen LogP contribution is 1.81. The van der Waals surface area contributed by atoms with Gasteiger partial charge in [0, 0.05) is 0 Å². The highest BCUT2D eigenvalue weighted by Gasteiger charge is 1.65. The van der Waals surface area contributed by atoms with Gasteiger partial charge < -0.3 is 0 Å². The van der Waals surface area contributed by atoms with E-state index < -0.39 is 0 Å². The molecule has 0 aliphatic rings. The molecule has 0 atom stereocenters. The van der Waals surface area contributed by atoms with Gasteiger partial charge in [-0.1, -0.05) is 50.8 Å². The lowest BCUT2D eigenvalue weighted by Crippen LogP contribution is -1.53. The van der Waals surface area contributed by atoms with Crippen molar-refractivity contribution in [2.75, 3.05) is 0 Å². The van der Waals surface area contributed by atoms with Crippen LogP contribution in [0.5, 0.6) is 0 Å². The third kappa shape index (κ3) is 17.7. The number of rotatable bonds is 3. The van der Waals surface area contributed by atoms with Gasteiger partial charge in [-0.25, -0.2) is 0 Å². The Balaban J connectivity index is 0. The number of nitrogens with zero attached hydrogens (tertiary/aromatic N) is 1. The van der Waals surface area contributed by atoms with E-state index >= 15 is 0 Å². The fourth-order valence-corrected chi connectivity index (χ4v) is 0.342. The molecule has 0 aromatic rings. The van der Waals surface area contributed by atoms with Crippen LogP contribution >= 0.6 is 0 Å². The Kier molecular flexibility index (Phi) is 17.9. The predicted molar refractivity (Wildman–Crippen MR) is 50.1 cm³/mol. The molecule has 11 heavy (non-hydrogen) atoms. The van der Waals surface area contributed by atoms with Gasteiger partial charge in [0.1, 0.15) is 0 Å². The predicted octanol–water partition coefficient (Wildman–Crippen LogP) is 3.22.